The van der Waals surface area contributed by atoms with Crippen LogP contribution in [0, 0.1) is 0 Å². The normalized spacial score (nSPS) is 14.5. The van der Waals surface area contributed by atoms with Crippen LogP contribution < -0.4 is 0 Å². The maximum Gasteiger partial charge on any atom is 0.472 e. The summed E-state index contributed by atoms with van der Waals surface area (Å²) in [6.07, 6.45) is 91.4. The molecule has 0 spiro atoms. The highest BCUT2D eigenvalue weighted by Crippen LogP contribution is 2.45. The van der Waals surface area contributed by atoms with Gasteiger partial charge in [0.1, 0.15) is 19.3 Å². The van der Waals surface area contributed by atoms with Crippen molar-refractivity contribution in [3.8, 4) is 0 Å². The van der Waals surface area contributed by atoms with E-state index in [4.69, 9.17) is 37.0 Å². The van der Waals surface area contributed by atoms with Crippen LogP contribution in [0.15, 0.2) is 134 Å². The van der Waals surface area contributed by atoms with Crippen molar-refractivity contribution in [3.05, 3.63) is 134 Å². The predicted octanol–water partition coefficient (Wildman–Crippen LogP) is 25.2. The molecule has 2 unspecified atom stereocenters. The summed E-state index contributed by atoms with van der Waals surface area (Å²) in [7, 11) is -10.00. The molecule has 0 saturated heterocycles. The molecule has 0 aromatic rings. The molecule has 5 atom stereocenters. The molecule has 0 aliphatic heterocycles. The number of unbranched alkanes of at least 4 members (excludes halogenated alkanes) is 31. The number of aliphatic hydroxyl groups is 1. The molecule has 0 fully saturated rings. The van der Waals surface area contributed by atoms with E-state index in [9.17, 15) is 43.2 Å². The highest BCUT2D eigenvalue weighted by atomic mass is 31.2. The fraction of sp³-hybridized carbons (Fsp3) is 0.708. The van der Waals surface area contributed by atoms with Crippen molar-refractivity contribution in [2.75, 3.05) is 39.6 Å². The molecule has 0 bridgehead atoms. The maximum absolute atomic E-state index is 13.1. The zero-order chi connectivity index (χ0) is 78.9. The van der Waals surface area contributed by atoms with Crippen molar-refractivity contribution in [1.29, 1.82) is 0 Å². The van der Waals surface area contributed by atoms with Crippen molar-refractivity contribution < 1.29 is 80.2 Å². The molecule has 108 heavy (non-hydrogen) atoms. The minimum atomic E-state index is -5.00. The highest BCUT2D eigenvalue weighted by molar-refractivity contribution is 7.47. The first-order chi connectivity index (χ1) is 52.7. The summed E-state index contributed by atoms with van der Waals surface area (Å²) >= 11 is 0. The number of hydrogen-bond acceptors (Lipinski definition) is 15. The van der Waals surface area contributed by atoms with Gasteiger partial charge in [-0.05, 0) is 135 Å². The van der Waals surface area contributed by atoms with Gasteiger partial charge >= 0.3 is 39.5 Å². The summed E-state index contributed by atoms with van der Waals surface area (Å²) in [6, 6.07) is 0. The standard InChI is InChI=1S/C89H152O17P2/c1-5-9-13-17-21-25-29-33-37-39-41-43-47-50-54-58-62-66-70-74-87(92)100-80-84(105-88(93)75-71-67-63-59-55-51-46-36-32-28-24-20-16-12-8-4)81-103-107(95,96)101-77-83(90)78-102-108(97,98)104-82-85(79-99-86(91)73-69-65-61-57-53-49-45-35-31-27-23-19-15-11-7-3)106-89(94)76-72-68-64-60-56-52-48-44-42-40-38-34-30-26-22-18-14-10-6-2/h10,14,21-22,25-26,33-35,37-38,41-45,50,52,54,56,62,66,83-85,90H,5-9,11-13,15-20,23-24,27-32,36,39-40,46-49,51,53,55,57-61,63-65,67-82H2,1-4H3,(H,95,96)(H,97,98)/b14-10-,25-21-,26-22-,37-33-,38-34-,43-41-,44-42-,45-35-,54-50-,56-52-,66-62-/t83-,84-,85-/m1/s1. The lowest BCUT2D eigenvalue weighted by atomic mass is 10.0. The Hall–Kier alpha value is -4.80. The third kappa shape index (κ3) is 79.3. The summed E-state index contributed by atoms with van der Waals surface area (Å²) in [6.45, 7) is 4.64. The second kappa shape index (κ2) is 80.3. The van der Waals surface area contributed by atoms with Gasteiger partial charge < -0.3 is 33.8 Å². The number of allylic oxidation sites excluding steroid dienone is 22. The lowest BCUT2D eigenvalue weighted by Crippen LogP contribution is -2.30. The van der Waals surface area contributed by atoms with Crippen LogP contribution in [0.2, 0.25) is 0 Å². The van der Waals surface area contributed by atoms with E-state index >= 15 is 0 Å². The van der Waals surface area contributed by atoms with Crippen molar-refractivity contribution in [2.24, 2.45) is 0 Å². The zero-order valence-corrected chi connectivity index (χ0v) is 69.8. The largest absolute Gasteiger partial charge is 0.472 e. The van der Waals surface area contributed by atoms with Gasteiger partial charge in [-0.1, -0.05) is 322 Å². The Bertz CT molecular complexity index is 2560. The zero-order valence-electron chi connectivity index (χ0n) is 68.0. The summed E-state index contributed by atoms with van der Waals surface area (Å²) in [5.74, 6) is -2.31. The van der Waals surface area contributed by atoms with Crippen LogP contribution in [0.1, 0.15) is 349 Å². The van der Waals surface area contributed by atoms with Gasteiger partial charge in [-0.3, -0.25) is 37.3 Å². The van der Waals surface area contributed by atoms with Gasteiger partial charge in [0, 0.05) is 25.7 Å². The van der Waals surface area contributed by atoms with E-state index in [-0.39, 0.29) is 25.7 Å². The molecule has 0 saturated carbocycles. The lowest BCUT2D eigenvalue weighted by molar-refractivity contribution is -0.161. The van der Waals surface area contributed by atoms with Crippen molar-refractivity contribution in [3.63, 3.8) is 0 Å². The topological polar surface area (TPSA) is 237 Å². The average Bonchev–Trinajstić information content (AvgIpc) is 0.899. The van der Waals surface area contributed by atoms with Gasteiger partial charge in [-0.15, -0.1) is 0 Å². The smallest absolute Gasteiger partial charge is 0.462 e. The minimum Gasteiger partial charge on any atom is -0.462 e. The number of rotatable bonds is 79. The molecule has 0 aromatic carbocycles. The van der Waals surface area contributed by atoms with Crippen LogP contribution in [0.25, 0.3) is 0 Å². The summed E-state index contributed by atoms with van der Waals surface area (Å²) in [4.78, 5) is 73.2. The molecule has 19 heteroatoms. The second-order valence-electron chi connectivity index (χ2n) is 28.0. The first-order valence-electron chi connectivity index (χ1n) is 42.4. The molecular weight excluding hydrogens is 1400 g/mol. The van der Waals surface area contributed by atoms with E-state index in [2.05, 4.69) is 149 Å². The molecule has 0 amide bonds. The molecule has 620 valence electrons. The first kappa shape index (κ1) is 103. The molecule has 0 radical (unpaired) electrons. The Kier molecular flexibility index (Phi) is 76.7. The van der Waals surface area contributed by atoms with Crippen LogP contribution in [-0.4, -0.2) is 96.7 Å². The lowest BCUT2D eigenvalue weighted by Gasteiger charge is -2.21. The predicted molar refractivity (Wildman–Crippen MR) is 445 cm³/mol. The Balaban J connectivity index is 5.47. The van der Waals surface area contributed by atoms with Gasteiger partial charge in [0.15, 0.2) is 12.2 Å². The summed E-state index contributed by atoms with van der Waals surface area (Å²) < 4.78 is 68.7. The Morgan fingerprint density at radius 3 is 0.833 bits per heavy atom. The monoisotopic (exact) mass is 1560 g/mol. The number of esters is 4. The van der Waals surface area contributed by atoms with E-state index in [1.165, 1.54) is 122 Å². The fourth-order valence-electron chi connectivity index (χ4n) is 11.2. The third-order valence-corrected chi connectivity index (χ3v) is 19.5. The highest BCUT2D eigenvalue weighted by Gasteiger charge is 2.30. The Morgan fingerprint density at radius 1 is 0.269 bits per heavy atom. The van der Waals surface area contributed by atoms with Gasteiger partial charge in [0.2, 0.25) is 0 Å². The van der Waals surface area contributed by atoms with E-state index in [1.807, 2.05) is 12.2 Å². The van der Waals surface area contributed by atoms with Crippen molar-refractivity contribution in [1.82, 2.24) is 0 Å². The van der Waals surface area contributed by atoms with Crippen LogP contribution in [0.4, 0.5) is 0 Å². The number of phosphoric ester groups is 2. The van der Waals surface area contributed by atoms with Crippen LogP contribution >= 0.6 is 15.6 Å². The molecule has 17 nitrogen and oxygen atoms in total. The quantitative estimate of drug-likeness (QED) is 0.0169. The van der Waals surface area contributed by atoms with Gasteiger partial charge in [0.05, 0.1) is 26.4 Å². The molecule has 0 heterocycles. The molecule has 0 rings (SSSR count). The maximum atomic E-state index is 13.1. The average molecular weight is 1560 g/mol. The summed E-state index contributed by atoms with van der Waals surface area (Å²) in [5, 5.41) is 10.7. The first-order valence-corrected chi connectivity index (χ1v) is 45.4. The minimum absolute atomic E-state index is 0.0370. The van der Waals surface area contributed by atoms with E-state index < -0.39 is 97.5 Å². The molecule has 0 aliphatic carbocycles. The third-order valence-electron chi connectivity index (χ3n) is 17.6. The number of carbonyl (C=O) groups excluding carboxylic acids is 4. The van der Waals surface area contributed by atoms with Crippen LogP contribution in [0.3, 0.4) is 0 Å². The van der Waals surface area contributed by atoms with Gasteiger partial charge in [-0.2, -0.15) is 0 Å². The Labute approximate surface area is 656 Å². The second-order valence-corrected chi connectivity index (χ2v) is 30.9. The summed E-state index contributed by atoms with van der Waals surface area (Å²) in [5.41, 5.74) is 0. The van der Waals surface area contributed by atoms with Crippen molar-refractivity contribution in [2.45, 2.75) is 367 Å². The van der Waals surface area contributed by atoms with E-state index in [1.54, 1.807) is 0 Å². The molecule has 3 N–H and O–H groups in total. The van der Waals surface area contributed by atoms with Crippen LogP contribution in [-0.2, 0) is 65.4 Å². The van der Waals surface area contributed by atoms with Crippen LogP contribution in [0.5, 0.6) is 0 Å². The van der Waals surface area contributed by atoms with Gasteiger partial charge in [-0.25, -0.2) is 9.13 Å². The van der Waals surface area contributed by atoms with E-state index in [0.717, 1.165) is 141 Å². The number of hydrogen-bond donors (Lipinski definition) is 3. The number of carbonyl (C=O) groups is 4. The van der Waals surface area contributed by atoms with E-state index in [0.29, 0.717) is 32.1 Å². The van der Waals surface area contributed by atoms with Gasteiger partial charge in [0.25, 0.3) is 0 Å². The number of ether oxygens (including phenoxy) is 4. The molecule has 0 aliphatic rings. The SMILES string of the molecule is CC/C=C\C/C=C\C/C=C\C/C=C\C/C=C\CCCCCC(=O)O[C@H](COC(=O)CCCCCCC/C=C\CCCCCCCC)COP(=O)(O)OC[C@H](O)COP(=O)(O)OC[C@@H](COC(=O)CC/C=C\C/C=C\C/C=C\C/C=C\C/C=C\CCCCC)OC(=O)CCCCCCCCCCCCCCCCC. The number of phosphoric acid groups is 2. The fourth-order valence-corrected chi connectivity index (χ4v) is 12.7. The van der Waals surface area contributed by atoms with Crippen molar-refractivity contribution >= 4 is 39.5 Å². The molecular formula is C89H152O17P2. The Morgan fingerprint density at radius 2 is 0.500 bits per heavy atom. The number of aliphatic hydroxyl groups excluding tert-OH is 1. The molecule has 0 aromatic heterocycles.